The molecule has 0 radical (unpaired) electrons. The molecular formula is C13H19NO3. The lowest BCUT2D eigenvalue weighted by Gasteiger charge is -2.29. The van der Waals surface area contributed by atoms with Crippen LogP contribution in [-0.2, 0) is 15.1 Å². The number of benzene rings is 1. The largest absolute Gasteiger partial charge is 0.458 e. The van der Waals surface area contributed by atoms with Crippen molar-refractivity contribution in [1.29, 1.82) is 0 Å². The SMILES string of the molecule is CC(C)(C)OC(=O)[C@@](O)(CN)c1ccccc1. The summed E-state index contributed by atoms with van der Waals surface area (Å²) >= 11 is 0. The van der Waals surface area contributed by atoms with E-state index in [-0.39, 0.29) is 6.54 Å². The van der Waals surface area contributed by atoms with Crippen LogP contribution < -0.4 is 5.73 Å². The fourth-order valence-electron chi connectivity index (χ4n) is 1.40. The van der Waals surface area contributed by atoms with Crippen LogP contribution in [0.1, 0.15) is 26.3 Å². The molecule has 17 heavy (non-hydrogen) atoms. The smallest absolute Gasteiger partial charge is 0.344 e. The number of hydrogen-bond acceptors (Lipinski definition) is 4. The van der Waals surface area contributed by atoms with Crippen molar-refractivity contribution >= 4 is 5.97 Å². The molecule has 3 N–H and O–H groups in total. The second-order valence-corrected chi connectivity index (χ2v) is 4.93. The molecule has 94 valence electrons. The van der Waals surface area contributed by atoms with Crippen LogP contribution in [0.25, 0.3) is 0 Å². The second-order valence-electron chi connectivity index (χ2n) is 4.93. The molecule has 4 nitrogen and oxygen atoms in total. The Bertz CT molecular complexity index is 383. The molecule has 0 amide bonds. The number of ether oxygens (including phenoxy) is 1. The van der Waals surface area contributed by atoms with Crippen LogP contribution in [0, 0.1) is 0 Å². The molecule has 1 rings (SSSR count). The van der Waals surface area contributed by atoms with Gasteiger partial charge in [0.1, 0.15) is 5.60 Å². The van der Waals surface area contributed by atoms with Crippen LogP contribution in [-0.4, -0.2) is 23.2 Å². The van der Waals surface area contributed by atoms with Crippen molar-refractivity contribution in [3.05, 3.63) is 35.9 Å². The molecule has 0 aromatic heterocycles. The normalized spacial score (nSPS) is 15.1. The van der Waals surface area contributed by atoms with Crippen molar-refractivity contribution < 1.29 is 14.6 Å². The number of hydrogen-bond donors (Lipinski definition) is 2. The predicted octanol–water partition coefficient (Wildman–Crippen LogP) is 1.17. The molecule has 0 heterocycles. The van der Waals surface area contributed by atoms with E-state index >= 15 is 0 Å². The molecule has 0 saturated heterocycles. The van der Waals surface area contributed by atoms with Gasteiger partial charge in [-0.15, -0.1) is 0 Å². The van der Waals surface area contributed by atoms with Gasteiger partial charge in [-0.2, -0.15) is 0 Å². The highest BCUT2D eigenvalue weighted by Crippen LogP contribution is 2.24. The van der Waals surface area contributed by atoms with Crippen molar-refractivity contribution in [1.82, 2.24) is 0 Å². The lowest BCUT2D eigenvalue weighted by atomic mass is 9.94. The van der Waals surface area contributed by atoms with Gasteiger partial charge in [0.2, 0.25) is 0 Å². The number of esters is 1. The molecular weight excluding hydrogens is 218 g/mol. The maximum absolute atomic E-state index is 12.0. The van der Waals surface area contributed by atoms with E-state index in [1.54, 1.807) is 51.1 Å². The molecule has 0 spiro atoms. The Hall–Kier alpha value is -1.39. The zero-order chi connectivity index (χ0) is 13.1. The zero-order valence-corrected chi connectivity index (χ0v) is 10.4. The number of nitrogens with two attached hydrogens (primary N) is 1. The van der Waals surface area contributed by atoms with Gasteiger partial charge >= 0.3 is 5.97 Å². The summed E-state index contributed by atoms with van der Waals surface area (Å²) in [6.45, 7) is 5.01. The highest BCUT2D eigenvalue weighted by atomic mass is 16.6. The van der Waals surface area contributed by atoms with Crippen molar-refractivity contribution in [2.75, 3.05) is 6.54 Å². The Morgan fingerprint density at radius 3 is 2.24 bits per heavy atom. The molecule has 0 aliphatic heterocycles. The van der Waals surface area contributed by atoms with E-state index in [9.17, 15) is 9.90 Å². The third-order valence-corrected chi connectivity index (χ3v) is 2.28. The van der Waals surface area contributed by atoms with Gasteiger partial charge < -0.3 is 15.6 Å². The fourth-order valence-corrected chi connectivity index (χ4v) is 1.40. The summed E-state index contributed by atoms with van der Waals surface area (Å²) in [5.74, 6) is -0.723. The van der Waals surface area contributed by atoms with Crippen LogP contribution in [0.5, 0.6) is 0 Å². The molecule has 1 atom stereocenters. The first-order valence-corrected chi connectivity index (χ1v) is 5.51. The van der Waals surface area contributed by atoms with Crippen LogP contribution in [0.3, 0.4) is 0 Å². The van der Waals surface area contributed by atoms with E-state index in [1.165, 1.54) is 0 Å². The molecule has 0 unspecified atom stereocenters. The zero-order valence-electron chi connectivity index (χ0n) is 10.4. The van der Waals surface area contributed by atoms with E-state index in [1.807, 2.05) is 0 Å². The summed E-state index contributed by atoms with van der Waals surface area (Å²) in [5, 5.41) is 10.3. The maximum Gasteiger partial charge on any atom is 0.344 e. The third-order valence-electron chi connectivity index (χ3n) is 2.28. The van der Waals surface area contributed by atoms with E-state index in [0.717, 1.165) is 0 Å². The van der Waals surface area contributed by atoms with Crippen LogP contribution in [0.2, 0.25) is 0 Å². The Balaban J connectivity index is 3.01. The van der Waals surface area contributed by atoms with Gasteiger partial charge in [0.05, 0.1) is 0 Å². The quantitative estimate of drug-likeness (QED) is 0.774. The molecule has 4 heteroatoms. The van der Waals surface area contributed by atoms with E-state index in [0.29, 0.717) is 5.56 Å². The number of aliphatic hydroxyl groups is 1. The van der Waals surface area contributed by atoms with Gasteiger partial charge in [-0.05, 0) is 26.3 Å². The highest BCUT2D eigenvalue weighted by molar-refractivity contribution is 5.81. The van der Waals surface area contributed by atoms with Crippen molar-refractivity contribution in [3.8, 4) is 0 Å². The van der Waals surface area contributed by atoms with Crippen molar-refractivity contribution in [2.24, 2.45) is 5.73 Å². The summed E-state index contributed by atoms with van der Waals surface area (Å²) in [4.78, 5) is 12.0. The molecule has 1 aromatic carbocycles. The minimum absolute atomic E-state index is 0.216. The number of rotatable bonds is 3. The first-order valence-electron chi connectivity index (χ1n) is 5.51. The van der Waals surface area contributed by atoms with Gasteiger partial charge in [0.15, 0.2) is 5.60 Å². The lowest BCUT2D eigenvalue weighted by molar-refractivity contribution is -0.177. The topological polar surface area (TPSA) is 72.5 Å². The minimum atomic E-state index is -1.78. The molecule has 0 aliphatic carbocycles. The maximum atomic E-state index is 12.0. The van der Waals surface area contributed by atoms with Crippen molar-refractivity contribution in [2.45, 2.75) is 32.0 Å². The standard InChI is InChI=1S/C13H19NO3/c1-12(2,3)17-11(15)13(16,9-14)10-7-5-4-6-8-10/h4-8,16H,9,14H2,1-3H3/t13-/m1/s1. The van der Waals surface area contributed by atoms with Crippen LogP contribution >= 0.6 is 0 Å². The predicted molar refractivity (Wildman–Crippen MR) is 65.2 cm³/mol. The fraction of sp³-hybridized carbons (Fsp3) is 0.462. The van der Waals surface area contributed by atoms with Gasteiger partial charge in [-0.3, -0.25) is 0 Å². The van der Waals surface area contributed by atoms with E-state index < -0.39 is 17.2 Å². The minimum Gasteiger partial charge on any atom is -0.458 e. The molecule has 0 aliphatic rings. The highest BCUT2D eigenvalue weighted by Gasteiger charge is 2.40. The van der Waals surface area contributed by atoms with Crippen LogP contribution in [0.4, 0.5) is 0 Å². The first kappa shape index (κ1) is 13.7. The average Bonchev–Trinajstić information content (AvgIpc) is 2.27. The monoisotopic (exact) mass is 237 g/mol. The van der Waals surface area contributed by atoms with Gasteiger partial charge in [0.25, 0.3) is 0 Å². The third kappa shape index (κ3) is 3.28. The second kappa shape index (κ2) is 4.85. The Morgan fingerprint density at radius 2 is 1.82 bits per heavy atom. The molecule has 0 fully saturated rings. The van der Waals surface area contributed by atoms with Gasteiger partial charge in [-0.25, -0.2) is 4.79 Å². The van der Waals surface area contributed by atoms with E-state index in [2.05, 4.69) is 0 Å². The summed E-state index contributed by atoms with van der Waals surface area (Å²) < 4.78 is 5.18. The summed E-state index contributed by atoms with van der Waals surface area (Å²) in [7, 11) is 0. The Morgan fingerprint density at radius 1 is 1.29 bits per heavy atom. The van der Waals surface area contributed by atoms with Gasteiger partial charge in [0, 0.05) is 6.54 Å². The Labute approximate surface area is 101 Å². The van der Waals surface area contributed by atoms with Gasteiger partial charge in [-0.1, -0.05) is 30.3 Å². The summed E-state index contributed by atoms with van der Waals surface area (Å²) in [6, 6.07) is 8.57. The molecule has 1 aromatic rings. The first-order chi connectivity index (χ1) is 7.79. The molecule has 0 saturated carbocycles. The number of carbonyl (C=O) groups excluding carboxylic acids is 1. The van der Waals surface area contributed by atoms with Crippen molar-refractivity contribution in [3.63, 3.8) is 0 Å². The van der Waals surface area contributed by atoms with E-state index in [4.69, 9.17) is 10.5 Å². The Kier molecular flexibility index (Phi) is 3.91. The number of carbonyl (C=O) groups is 1. The van der Waals surface area contributed by atoms with Crippen LogP contribution in [0.15, 0.2) is 30.3 Å². The summed E-state index contributed by atoms with van der Waals surface area (Å²) in [5.41, 5.74) is 3.51. The lowest BCUT2D eigenvalue weighted by Crippen LogP contribution is -2.46. The average molecular weight is 237 g/mol. The summed E-state index contributed by atoms with van der Waals surface area (Å²) in [6.07, 6.45) is 0. The molecule has 0 bridgehead atoms.